The molecule has 1 aromatic rings. The standard InChI is InChI=1S/C16H18O5/c1-20-13-6-11(18)7-14-15(13)16(19)12(8-21-14)9-2-4-10(17)5-3-9/h2-5,8,11,13-15,17-18H,6-7H2,1H3. The number of carbonyl (C=O) groups is 1. The minimum absolute atomic E-state index is 0.0318. The first-order chi connectivity index (χ1) is 10.1. The van der Waals surface area contributed by atoms with Crippen LogP contribution < -0.4 is 0 Å². The number of ether oxygens (including phenoxy) is 2. The number of aromatic hydroxyl groups is 1. The first-order valence-electron chi connectivity index (χ1n) is 7.00. The summed E-state index contributed by atoms with van der Waals surface area (Å²) in [6.45, 7) is 0. The number of methoxy groups -OCH3 is 1. The summed E-state index contributed by atoms with van der Waals surface area (Å²) in [5, 5.41) is 19.2. The van der Waals surface area contributed by atoms with E-state index in [4.69, 9.17) is 9.47 Å². The maximum absolute atomic E-state index is 12.7. The van der Waals surface area contributed by atoms with Crippen LogP contribution in [0.3, 0.4) is 0 Å². The van der Waals surface area contributed by atoms with E-state index in [1.165, 1.54) is 18.4 Å². The van der Waals surface area contributed by atoms with Crippen molar-refractivity contribution in [2.45, 2.75) is 31.2 Å². The molecule has 0 bridgehead atoms. The van der Waals surface area contributed by atoms with Gasteiger partial charge in [0.25, 0.3) is 0 Å². The number of phenolic OH excluding ortho intramolecular Hbond substituents is 1. The Hall–Kier alpha value is -1.85. The number of benzene rings is 1. The number of carbonyl (C=O) groups excluding carboxylic acids is 1. The van der Waals surface area contributed by atoms with E-state index in [-0.39, 0.29) is 23.7 Å². The van der Waals surface area contributed by atoms with Crippen LogP contribution in [0.1, 0.15) is 18.4 Å². The minimum atomic E-state index is -0.507. The molecule has 5 heteroatoms. The Kier molecular flexibility index (Phi) is 3.69. The van der Waals surface area contributed by atoms with Crippen LogP contribution in [-0.4, -0.2) is 41.4 Å². The van der Waals surface area contributed by atoms with Crippen molar-refractivity contribution in [1.29, 1.82) is 0 Å². The molecule has 2 aliphatic rings. The average molecular weight is 290 g/mol. The van der Waals surface area contributed by atoms with E-state index in [0.29, 0.717) is 24.0 Å². The molecule has 1 aromatic carbocycles. The van der Waals surface area contributed by atoms with Gasteiger partial charge < -0.3 is 19.7 Å². The summed E-state index contributed by atoms with van der Waals surface area (Å²) in [6, 6.07) is 6.44. The van der Waals surface area contributed by atoms with Crippen LogP contribution >= 0.6 is 0 Å². The lowest BCUT2D eigenvalue weighted by atomic mass is 9.76. The Morgan fingerprint density at radius 1 is 1.24 bits per heavy atom. The van der Waals surface area contributed by atoms with Crippen molar-refractivity contribution in [3.63, 3.8) is 0 Å². The molecular formula is C16H18O5. The second-order valence-electron chi connectivity index (χ2n) is 5.54. The highest BCUT2D eigenvalue weighted by molar-refractivity contribution is 6.22. The van der Waals surface area contributed by atoms with E-state index < -0.39 is 12.0 Å². The lowest BCUT2D eigenvalue weighted by molar-refractivity contribution is -0.140. The van der Waals surface area contributed by atoms with Crippen molar-refractivity contribution in [2.75, 3.05) is 7.11 Å². The van der Waals surface area contributed by atoms with E-state index in [9.17, 15) is 15.0 Å². The van der Waals surface area contributed by atoms with Crippen molar-refractivity contribution in [2.24, 2.45) is 5.92 Å². The number of ketones is 1. The Bertz CT molecular complexity index is 563. The van der Waals surface area contributed by atoms with Crippen LogP contribution in [-0.2, 0) is 14.3 Å². The molecule has 0 aromatic heterocycles. The number of allylic oxidation sites excluding steroid dienone is 1. The van der Waals surface area contributed by atoms with Crippen LogP contribution in [0.15, 0.2) is 30.5 Å². The highest BCUT2D eigenvalue weighted by Gasteiger charge is 2.46. The first-order valence-corrected chi connectivity index (χ1v) is 7.00. The van der Waals surface area contributed by atoms with Crippen LogP contribution in [0.5, 0.6) is 5.75 Å². The molecule has 0 saturated heterocycles. The van der Waals surface area contributed by atoms with Crippen LogP contribution in [0.25, 0.3) is 5.57 Å². The lowest BCUT2D eigenvalue weighted by Crippen LogP contribution is -2.49. The van der Waals surface area contributed by atoms with Gasteiger partial charge in [-0.05, 0) is 17.7 Å². The Labute approximate surface area is 122 Å². The number of phenols is 1. The van der Waals surface area contributed by atoms with Crippen molar-refractivity contribution < 1.29 is 24.5 Å². The monoisotopic (exact) mass is 290 g/mol. The summed E-state index contributed by atoms with van der Waals surface area (Å²) in [5.74, 6) is -0.278. The quantitative estimate of drug-likeness (QED) is 0.863. The molecule has 1 saturated carbocycles. The third kappa shape index (κ3) is 2.54. The molecule has 1 heterocycles. The smallest absolute Gasteiger partial charge is 0.175 e. The minimum Gasteiger partial charge on any atom is -0.508 e. The Morgan fingerprint density at radius 3 is 2.62 bits per heavy atom. The lowest BCUT2D eigenvalue weighted by Gasteiger charge is -2.40. The van der Waals surface area contributed by atoms with Gasteiger partial charge in [0, 0.05) is 20.0 Å². The van der Waals surface area contributed by atoms with Crippen molar-refractivity contribution in [3.05, 3.63) is 36.1 Å². The number of hydrogen-bond donors (Lipinski definition) is 2. The second kappa shape index (κ2) is 5.50. The maximum atomic E-state index is 12.7. The normalized spacial score (nSPS) is 32.1. The fourth-order valence-electron chi connectivity index (χ4n) is 3.13. The van der Waals surface area contributed by atoms with Gasteiger partial charge in [0.2, 0.25) is 0 Å². The fourth-order valence-corrected chi connectivity index (χ4v) is 3.13. The molecule has 4 unspecified atom stereocenters. The summed E-state index contributed by atoms with van der Waals surface area (Å²) < 4.78 is 11.0. The maximum Gasteiger partial charge on any atom is 0.175 e. The first kappa shape index (κ1) is 14.1. The molecule has 1 fully saturated rings. The van der Waals surface area contributed by atoms with E-state index in [1.807, 2.05) is 0 Å². The Balaban J connectivity index is 1.92. The molecule has 4 atom stereocenters. The summed E-state index contributed by atoms with van der Waals surface area (Å²) in [7, 11) is 1.55. The van der Waals surface area contributed by atoms with Gasteiger partial charge in [0.15, 0.2) is 5.78 Å². The molecule has 1 aliphatic heterocycles. The zero-order chi connectivity index (χ0) is 15.0. The van der Waals surface area contributed by atoms with Gasteiger partial charge >= 0.3 is 0 Å². The zero-order valence-corrected chi connectivity index (χ0v) is 11.7. The number of rotatable bonds is 2. The molecular weight excluding hydrogens is 272 g/mol. The Morgan fingerprint density at radius 2 is 1.95 bits per heavy atom. The third-order valence-corrected chi connectivity index (χ3v) is 4.22. The predicted octanol–water partition coefficient (Wildman–Crippen LogP) is 1.49. The SMILES string of the molecule is COC1CC(O)CC2OC=C(c3ccc(O)cc3)C(=O)C12. The van der Waals surface area contributed by atoms with E-state index >= 15 is 0 Å². The largest absolute Gasteiger partial charge is 0.508 e. The highest BCUT2D eigenvalue weighted by Crippen LogP contribution is 2.37. The third-order valence-electron chi connectivity index (χ3n) is 4.22. The van der Waals surface area contributed by atoms with Gasteiger partial charge in [0.1, 0.15) is 11.9 Å². The molecule has 21 heavy (non-hydrogen) atoms. The van der Waals surface area contributed by atoms with Crippen LogP contribution in [0.2, 0.25) is 0 Å². The van der Waals surface area contributed by atoms with E-state index in [1.54, 1.807) is 19.2 Å². The average Bonchev–Trinajstić information content (AvgIpc) is 2.48. The zero-order valence-electron chi connectivity index (χ0n) is 11.7. The van der Waals surface area contributed by atoms with Crippen molar-refractivity contribution >= 4 is 11.4 Å². The fraction of sp³-hybridized carbons (Fsp3) is 0.438. The predicted molar refractivity (Wildman–Crippen MR) is 75.5 cm³/mol. The summed E-state index contributed by atoms with van der Waals surface area (Å²) in [6.07, 6.45) is 1.15. The summed E-state index contributed by atoms with van der Waals surface area (Å²) in [5.41, 5.74) is 1.19. The molecule has 3 rings (SSSR count). The molecule has 1 aliphatic carbocycles. The van der Waals surface area contributed by atoms with Gasteiger partial charge in [-0.1, -0.05) is 12.1 Å². The number of aliphatic hydroxyl groups excluding tert-OH is 1. The molecule has 0 amide bonds. The van der Waals surface area contributed by atoms with Crippen LogP contribution in [0, 0.1) is 5.92 Å². The van der Waals surface area contributed by atoms with Gasteiger partial charge in [-0.3, -0.25) is 4.79 Å². The molecule has 2 N–H and O–H groups in total. The van der Waals surface area contributed by atoms with Gasteiger partial charge in [-0.25, -0.2) is 0 Å². The van der Waals surface area contributed by atoms with E-state index in [0.717, 1.165) is 0 Å². The van der Waals surface area contributed by atoms with Crippen LogP contribution in [0.4, 0.5) is 0 Å². The van der Waals surface area contributed by atoms with Crippen molar-refractivity contribution in [3.8, 4) is 5.75 Å². The number of aliphatic hydroxyl groups is 1. The summed E-state index contributed by atoms with van der Waals surface area (Å²) in [4.78, 5) is 12.7. The molecule has 0 radical (unpaired) electrons. The van der Waals surface area contributed by atoms with Gasteiger partial charge in [-0.15, -0.1) is 0 Å². The highest BCUT2D eigenvalue weighted by atomic mass is 16.5. The summed E-state index contributed by atoms with van der Waals surface area (Å²) >= 11 is 0. The molecule has 0 spiro atoms. The van der Waals surface area contributed by atoms with Crippen molar-refractivity contribution in [1.82, 2.24) is 0 Å². The molecule has 5 nitrogen and oxygen atoms in total. The van der Waals surface area contributed by atoms with E-state index in [2.05, 4.69) is 0 Å². The van der Waals surface area contributed by atoms with Gasteiger partial charge in [0.05, 0.1) is 30.0 Å². The topological polar surface area (TPSA) is 76.0 Å². The number of hydrogen-bond acceptors (Lipinski definition) is 5. The second-order valence-corrected chi connectivity index (χ2v) is 5.54. The number of fused-ring (bicyclic) bond motifs is 1. The molecule has 112 valence electrons. The number of Topliss-reactive ketones (excluding diaryl/α,β-unsaturated/α-hetero) is 1. The van der Waals surface area contributed by atoms with Gasteiger partial charge in [-0.2, -0.15) is 0 Å².